The van der Waals surface area contributed by atoms with Crippen molar-refractivity contribution in [2.75, 3.05) is 12.4 Å². The molecule has 0 aliphatic rings. The molecule has 0 radical (unpaired) electrons. The quantitative estimate of drug-likeness (QED) is 0.0598. The molecule has 220 valence electrons. The van der Waals surface area contributed by atoms with Gasteiger partial charge in [-0.05, 0) is 26.2 Å². The third-order valence-corrected chi connectivity index (χ3v) is 9.41. The zero-order valence-electron chi connectivity index (χ0n) is 24.0. The molecule has 0 saturated carbocycles. The normalized spacial score (nSPS) is 16.8. The molecule has 5 atom stereocenters. The van der Waals surface area contributed by atoms with Gasteiger partial charge in [-0.2, -0.15) is 0 Å². The minimum atomic E-state index is -2.72. The van der Waals surface area contributed by atoms with E-state index in [0.717, 1.165) is 44.9 Å². The summed E-state index contributed by atoms with van der Waals surface area (Å²) in [5, 5.41) is 16.9. The second-order valence-corrected chi connectivity index (χ2v) is 12.8. The monoisotopic (exact) mass is 566 g/mol. The van der Waals surface area contributed by atoms with Gasteiger partial charge in [-0.25, -0.2) is 4.79 Å². The molecule has 0 saturated heterocycles. The van der Waals surface area contributed by atoms with E-state index in [4.69, 9.17) is 9.47 Å². The first-order chi connectivity index (χ1) is 17.8. The molecular weight excluding hydrogens is 511 g/mol. The molecule has 5 unspecified atom stereocenters. The third-order valence-electron chi connectivity index (χ3n) is 6.75. The van der Waals surface area contributed by atoms with Gasteiger partial charge in [0.2, 0.25) is 14.8 Å². The van der Waals surface area contributed by atoms with Crippen molar-refractivity contribution in [1.82, 2.24) is 0 Å². The average molecular weight is 567 g/mol. The number of carbonyl (C=O) groups is 1. The fraction of sp³-hybridized carbons (Fsp3) is 0.964. The van der Waals surface area contributed by atoms with Crippen LogP contribution in [0, 0.1) is 0 Å². The molecule has 0 aliphatic heterocycles. The van der Waals surface area contributed by atoms with E-state index >= 15 is 0 Å². The molecule has 7 nitrogen and oxygen atoms in total. The fourth-order valence-corrected chi connectivity index (χ4v) is 6.36. The zero-order valence-corrected chi connectivity index (χ0v) is 25.7. The van der Waals surface area contributed by atoms with Gasteiger partial charge in [0.25, 0.3) is 5.34 Å². The summed E-state index contributed by atoms with van der Waals surface area (Å²) in [5.41, 5.74) is 0. The van der Waals surface area contributed by atoms with Crippen molar-refractivity contribution in [3.63, 3.8) is 0 Å². The molecule has 0 aliphatic carbocycles. The van der Waals surface area contributed by atoms with E-state index < -0.39 is 43.0 Å². The lowest BCUT2D eigenvalue weighted by atomic mass is 10.1. The van der Waals surface area contributed by atoms with E-state index in [9.17, 15) is 23.8 Å². The number of carboxylic acids is 1. The Morgan fingerprint density at radius 3 is 1.78 bits per heavy atom. The van der Waals surface area contributed by atoms with Crippen LogP contribution < -0.4 is 0 Å². The van der Waals surface area contributed by atoms with E-state index in [0.29, 0.717) is 18.6 Å². The van der Waals surface area contributed by atoms with Gasteiger partial charge in [0.1, 0.15) is 0 Å². The first kappa shape index (κ1) is 36.6. The molecule has 0 fully saturated rings. The van der Waals surface area contributed by atoms with Crippen LogP contribution in [-0.2, 0) is 29.6 Å². The van der Waals surface area contributed by atoms with Crippen LogP contribution in [0.25, 0.3) is 0 Å². The van der Waals surface area contributed by atoms with Gasteiger partial charge in [0, 0.05) is 23.2 Å². The molecule has 0 aromatic carbocycles. The summed E-state index contributed by atoms with van der Waals surface area (Å²) in [4.78, 5) is 11.7. The summed E-state index contributed by atoms with van der Waals surface area (Å²) in [6.07, 6.45) is 16.5. The van der Waals surface area contributed by atoms with Crippen molar-refractivity contribution in [3.05, 3.63) is 0 Å². The number of aliphatic hydroxyl groups is 1. The minimum Gasteiger partial charge on any atom is -0.478 e. The number of hydrogen-bond acceptors (Lipinski definition) is 6. The predicted molar refractivity (Wildman–Crippen MR) is 153 cm³/mol. The first-order valence-electron chi connectivity index (χ1n) is 14.7. The van der Waals surface area contributed by atoms with Crippen LogP contribution in [0.5, 0.6) is 0 Å². The summed E-state index contributed by atoms with van der Waals surface area (Å²) >= 11 is 0. The van der Waals surface area contributed by atoms with Gasteiger partial charge in [0.05, 0.1) is 11.4 Å². The maximum atomic E-state index is 13.3. The van der Waals surface area contributed by atoms with Gasteiger partial charge in [-0.15, -0.1) is 0 Å². The standard InChI is InChI=1S/C28H55O7PS/c1-5-8-10-12-13-14-15-16-18-20-23-37(33)25(21-19-17-11-9-6-2)24(4)35-27(34-22-7-3)28(31,36-32)26(29)30/h24-25,27,31H,5-23H2,1-4H3,(H,29,30). The smallest absolute Gasteiger partial charge is 0.353 e. The Bertz CT molecular complexity index is 607. The second-order valence-electron chi connectivity index (χ2n) is 10.2. The van der Waals surface area contributed by atoms with E-state index in [1.165, 1.54) is 51.4 Å². The molecule has 37 heavy (non-hydrogen) atoms. The molecule has 2 N–H and O–H groups in total. The van der Waals surface area contributed by atoms with Crippen molar-refractivity contribution in [2.24, 2.45) is 0 Å². The number of rotatable bonds is 27. The van der Waals surface area contributed by atoms with Crippen LogP contribution >= 0.6 is 8.46 Å². The molecular formula is C28H55O7PS. The van der Waals surface area contributed by atoms with E-state index in [2.05, 4.69) is 13.8 Å². The summed E-state index contributed by atoms with van der Waals surface area (Å²) in [5.74, 6) is -1.10. The number of carboxylic acid groups (broad SMARTS) is 1. The van der Waals surface area contributed by atoms with Gasteiger partial charge >= 0.3 is 5.97 Å². The molecule has 0 aromatic heterocycles. The number of ether oxygens (including phenoxy) is 2. The highest BCUT2D eigenvalue weighted by atomic mass is 32.2. The van der Waals surface area contributed by atoms with Crippen LogP contribution in [0.4, 0.5) is 0 Å². The summed E-state index contributed by atoms with van der Waals surface area (Å²) in [6, 6.07) is 0. The first-order valence-corrected chi connectivity index (χ1v) is 16.9. The SMILES string of the molecule is CCCCCCCCCCCCS(=O)C(CCCCCCC)C(C)OC(OCCC)C(O)(P=O)C(=O)O. The number of aliphatic carboxylic acids is 1. The van der Waals surface area contributed by atoms with Crippen molar-refractivity contribution in [1.29, 1.82) is 0 Å². The largest absolute Gasteiger partial charge is 0.478 e. The molecule has 0 amide bonds. The topological polar surface area (TPSA) is 110 Å². The molecule has 0 spiro atoms. The zero-order chi connectivity index (χ0) is 27.9. The van der Waals surface area contributed by atoms with Gasteiger partial charge in [0.15, 0.2) is 0 Å². The Morgan fingerprint density at radius 2 is 1.32 bits per heavy atom. The van der Waals surface area contributed by atoms with Crippen LogP contribution in [0.2, 0.25) is 0 Å². The van der Waals surface area contributed by atoms with Crippen LogP contribution in [0.15, 0.2) is 0 Å². The van der Waals surface area contributed by atoms with Crippen molar-refractivity contribution >= 4 is 25.2 Å². The number of unbranched alkanes of at least 4 members (excludes halogenated alkanes) is 13. The summed E-state index contributed by atoms with van der Waals surface area (Å²) in [6.45, 7) is 8.13. The van der Waals surface area contributed by atoms with Crippen molar-refractivity contribution in [3.8, 4) is 0 Å². The summed E-state index contributed by atoms with van der Waals surface area (Å²) < 4.78 is 36.3. The molecule has 0 bridgehead atoms. The highest BCUT2D eigenvalue weighted by Crippen LogP contribution is 2.30. The lowest BCUT2D eigenvalue weighted by Crippen LogP contribution is -2.50. The molecule has 0 heterocycles. The van der Waals surface area contributed by atoms with Crippen LogP contribution in [0.3, 0.4) is 0 Å². The van der Waals surface area contributed by atoms with Crippen molar-refractivity contribution < 1.29 is 33.3 Å². The second kappa shape index (κ2) is 23.5. The Labute approximate surface area is 230 Å². The van der Waals surface area contributed by atoms with Crippen LogP contribution in [-0.4, -0.2) is 55.7 Å². The third kappa shape index (κ3) is 16.3. The Morgan fingerprint density at radius 1 is 0.838 bits per heavy atom. The van der Waals surface area contributed by atoms with Gasteiger partial charge in [-0.1, -0.05) is 111 Å². The van der Waals surface area contributed by atoms with Gasteiger partial charge < -0.3 is 19.7 Å². The molecule has 0 rings (SSSR count). The molecule has 9 heteroatoms. The lowest BCUT2D eigenvalue weighted by molar-refractivity contribution is -0.230. The maximum absolute atomic E-state index is 13.3. The van der Waals surface area contributed by atoms with E-state index in [1.54, 1.807) is 6.92 Å². The molecule has 0 aromatic rings. The lowest BCUT2D eigenvalue weighted by Gasteiger charge is -2.32. The Hall–Kier alpha value is -0.400. The fourth-order valence-electron chi connectivity index (χ4n) is 4.35. The summed E-state index contributed by atoms with van der Waals surface area (Å²) in [7, 11) is -2.17. The minimum absolute atomic E-state index is 0.145. The Balaban J connectivity index is 4.97. The van der Waals surface area contributed by atoms with Crippen molar-refractivity contribution in [2.45, 2.75) is 160 Å². The van der Waals surface area contributed by atoms with E-state index in [1.807, 2.05) is 6.92 Å². The van der Waals surface area contributed by atoms with Gasteiger partial charge in [-0.3, -0.25) is 8.77 Å². The highest BCUT2D eigenvalue weighted by Gasteiger charge is 2.49. The Kier molecular flexibility index (Phi) is 23.2. The predicted octanol–water partition coefficient (Wildman–Crippen LogP) is 7.61. The van der Waals surface area contributed by atoms with E-state index in [-0.39, 0.29) is 11.9 Å². The number of hydrogen-bond donors (Lipinski definition) is 2. The maximum Gasteiger partial charge on any atom is 0.353 e. The highest BCUT2D eigenvalue weighted by molar-refractivity contribution is 7.85. The average Bonchev–Trinajstić information content (AvgIpc) is 2.88. The van der Waals surface area contributed by atoms with Crippen LogP contribution in [0.1, 0.15) is 137 Å².